The number of hydrogen-bond donors (Lipinski definition) is 0. The van der Waals surface area contributed by atoms with Gasteiger partial charge in [-0.2, -0.15) is 0 Å². The van der Waals surface area contributed by atoms with Gasteiger partial charge in [-0.25, -0.2) is 0 Å². The van der Waals surface area contributed by atoms with Gasteiger partial charge in [0.05, 0.1) is 18.4 Å². The van der Waals surface area contributed by atoms with E-state index in [-0.39, 0.29) is 5.54 Å². The van der Waals surface area contributed by atoms with Crippen molar-refractivity contribution in [2.24, 2.45) is 4.99 Å². The highest BCUT2D eigenvalue weighted by Crippen LogP contribution is 2.31. The SMILES string of the molecule is C1=NC2(/C=C\OCCCCCC2)CC1. The maximum atomic E-state index is 5.44. The average Bonchev–Trinajstić information content (AvgIpc) is 2.66. The van der Waals surface area contributed by atoms with Crippen LogP contribution in [-0.2, 0) is 4.74 Å². The van der Waals surface area contributed by atoms with Gasteiger partial charge in [0, 0.05) is 0 Å². The summed E-state index contributed by atoms with van der Waals surface area (Å²) in [7, 11) is 0. The summed E-state index contributed by atoms with van der Waals surface area (Å²) in [6.45, 7) is 0.871. The van der Waals surface area contributed by atoms with Crippen molar-refractivity contribution in [2.75, 3.05) is 6.61 Å². The van der Waals surface area contributed by atoms with Crippen LogP contribution in [0.3, 0.4) is 0 Å². The molecule has 2 heteroatoms. The predicted molar refractivity (Wildman–Crippen MR) is 58.6 cm³/mol. The van der Waals surface area contributed by atoms with Crippen LogP contribution in [0.4, 0.5) is 0 Å². The van der Waals surface area contributed by atoms with E-state index in [9.17, 15) is 0 Å². The standard InChI is InChI=1S/C12H19NO/c1-2-4-10-14-11-8-12(6-3-1)7-5-9-13-12/h8-9,11H,1-7,10H2/b11-8-. The highest BCUT2D eigenvalue weighted by atomic mass is 16.5. The van der Waals surface area contributed by atoms with E-state index in [1.165, 1.54) is 38.5 Å². The van der Waals surface area contributed by atoms with Gasteiger partial charge in [0.1, 0.15) is 0 Å². The second kappa shape index (κ2) is 4.63. The van der Waals surface area contributed by atoms with Crippen LogP contribution >= 0.6 is 0 Å². The van der Waals surface area contributed by atoms with Gasteiger partial charge in [0.25, 0.3) is 0 Å². The van der Waals surface area contributed by atoms with E-state index in [0.717, 1.165) is 13.0 Å². The van der Waals surface area contributed by atoms with Crippen LogP contribution in [0.25, 0.3) is 0 Å². The second-order valence-corrected chi connectivity index (χ2v) is 4.29. The average molecular weight is 193 g/mol. The summed E-state index contributed by atoms with van der Waals surface area (Å²) in [4.78, 5) is 4.61. The second-order valence-electron chi connectivity index (χ2n) is 4.29. The van der Waals surface area contributed by atoms with Crippen molar-refractivity contribution in [3.05, 3.63) is 12.3 Å². The first-order valence-corrected chi connectivity index (χ1v) is 5.74. The quantitative estimate of drug-likeness (QED) is 0.579. The summed E-state index contributed by atoms with van der Waals surface area (Å²) in [6.07, 6.45) is 14.7. The minimum Gasteiger partial charge on any atom is -0.501 e. The molecule has 2 aliphatic heterocycles. The number of hydrogen-bond acceptors (Lipinski definition) is 2. The monoisotopic (exact) mass is 193 g/mol. The molecule has 0 aromatic carbocycles. The molecule has 0 saturated heterocycles. The summed E-state index contributed by atoms with van der Waals surface area (Å²) >= 11 is 0. The zero-order chi connectivity index (χ0) is 9.69. The molecule has 2 aliphatic rings. The molecular formula is C12H19NO. The molecule has 78 valence electrons. The van der Waals surface area contributed by atoms with E-state index in [2.05, 4.69) is 17.3 Å². The smallest absolute Gasteiger partial charge is 0.0873 e. The Morgan fingerprint density at radius 1 is 1.07 bits per heavy atom. The van der Waals surface area contributed by atoms with Gasteiger partial charge < -0.3 is 4.74 Å². The largest absolute Gasteiger partial charge is 0.501 e. The lowest BCUT2D eigenvalue weighted by Crippen LogP contribution is -2.20. The molecule has 0 N–H and O–H groups in total. The van der Waals surface area contributed by atoms with E-state index >= 15 is 0 Å². The summed E-state index contributed by atoms with van der Waals surface area (Å²) < 4.78 is 5.44. The molecule has 0 amide bonds. The molecule has 1 atom stereocenters. The Morgan fingerprint density at radius 3 is 2.86 bits per heavy atom. The molecule has 1 spiro atoms. The first-order chi connectivity index (χ1) is 6.91. The van der Waals surface area contributed by atoms with E-state index in [1.807, 2.05) is 6.26 Å². The van der Waals surface area contributed by atoms with Crippen LogP contribution in [-0.4, -0.2) is 18.4 Å². The molecule has 0 aromatic rings. The van der Waals surface area contributed by atoms with Crippen LogP contribution < -0.4 is 0 Å². The molecule has 0 fully saturated rings. The van der Waals surface area contributed by atoms with Gasteiger partial charge in [-0.15, -0.1) is 0 Å². The summed E-state index contributed by atoms with van der Waals surface area (Å²) in [5.41, 5.74) is 0.0946. The van der Waals surface area contributed by atoms with E-state index < -0.39 is 0 Å². The lowest BCUT2D eigenvalue weighted by Gasteiger charge is -2.22. The molecule has 0 aromatic heterocycles. The fourth-order valence-corrected chi connectivity index (χ4v) is 2.24. The maximum absolute atomic E-state index is 5.44. The maximum Gasteiger partial charge on any atom is 0.0873 e. The molecule has 0 aliphatic carbocycles. The predicted octanol–water partition coefficient (Wildman–Crippen LogP) is 3.08. The normalized spacial score (nSPS) is 35.4. The molecule has 14 heavy (non-hydrogen) atoms. The summed E-state index contributed by atoms with van der Waals surface area (Å²) in [5, 5.41) is 0. The lowest BCUT2D eigenvalue weighted by atomic mass is 9.90. The summed E-state index contributed by atoms with van der Waals surface area (Å²) in [6, 6.07) is 0. The lowest BCUT2D eigenvalue weighted by molar-refractivity contribution is 0.232. The minimum absolute atomic E-state index is 0.0946. The minimum atomic E-state index is 0.0946. The van der Waals surface area contributed by atoms with E-state index in [1.54, 1.807) is 0 Å². The zero-order valence-corrected chi connectivity index (χ0v) is 8.74. The molecule has 2 rings (SSSR count). The molecular weight excluding hydrogens is 174 g/mol. The zero-order valence-electron chi connectivity index (χ0n) is 8.74. The van der Waals surface area contributed by atoms with Crippen molar-refractivity contribution >= 4 is 6.21 Å². The topological polar surface area (TPSA) is 21.6 Å². The van der Waals surface area contributed by atoms with Crippen molar-refractivity contribution < 1.29 is 4.74 Å². The fraction of sp³-hybridized carbons (Fsp3) is 0.750. The Bertz CT molecular complexity index is 234. The third-order valence-corrected chi connectivity index (χ3v) is 3.15. The highest BCUT2D eigenvalue weighted by molar-refractivity contribution is 5.61. The third kappa shape index (κ3) is 2.37. The Kier molecular flexibility index (Phi) is 3.22. The highest BCUT2D eigenvalue weighted by Gasteiger charge is 2.28. The van der Waals surface area contributed by atoms with Gasteiger partial charge in [-0.1, -0.05) is 19.3 Å². The Labute approximate surface area is 86.1 Å². The molecule has 0 radical (unpaired) electrons. The van der Waals surface area contributed by atoms with Crippen LogP contribution in [0, 0.1) is 0 Å². The van der Waals surface area contributed by atoms with Gasteiger partial charge >= 0.3 is 0 Å². The number of rotatable bonds is 0. The number of nitrogens with zero attached hydrogens (tertiary/aromatic N) is 1. The van der Waals surface area contributed by atoms with Crippen LogP contribution in [0.5, 0.6) is 0 Å². The summed E-state index contributed by atoms with van der Waals surface area (Å²) in [5.74, 6) is 0. The van der Waals surface area contributed by atoms with Crippen LogP contribution in [0.2, 0.25) is 0 Å². The Morgan fingerprint density at radius 2 is 2.00 bits per heavy atom. The van der Waals surface area contributed by atoms with Gasteiger partial charge in [-0.05, 0) is 38.0 Å². The Hall–Kier alpha value is -0.790. The molecule has 2 heterocycles. The van der Waals surface area contributed by atoms with Gasteiger partial charge in [0.15, 0.2) is 0 Å². The third-order valence-electron chi connectivity index (χ3n) is 3.15. The van der Waals surface area contributed by atoms with Gasteiger partial charge in [0.2, 0.25) is 0 Å². The first kappa shape index (κ1) is 9.75. The van der Waals surface area contributed by atoms with Gasteiger partial charge in [-0.3, -0.25) is 4.99 Å². The van der Waals surface area contributed by atoms with E-state index in [0.29, 0.717) is 0 Å². The Balaban J connectivity index is 2.01. The van der Waals surface area contributed by atoms with Crippen LogP contribution in [0.1, 0.15) is 44.9 Å². The number of aliphatic imine (C=N–C) groups is 1. The van der Waals surface area contributed by atoms with Crippen molar-refractivity contribution in [3.8, 4) is 0 Å². The molecule has 2 nitrogen and oxygen atoms in total. The molecule has 1 unspecified atom stereocenters. The molecule has 0 bridgehead atoms. The fourth-order valence-electron chi connectivity index (χ4n) is 2.24. The van der Waals surface area contributed by atoms with Crippen molar-refractivity contribution in [3.63, 3.8) is 0 Å². The number of ether oxygens (including phenoxy) is 1. The first-order valence-electron chi connectivity index (χ1n) is 5.74. The van der Waals surface area contributed by atoms with E-state index in [4.69, 9.17) is 4.74 Å². The van der Waals surface area contributed by atoms with Crippen LogP contribution in [0.15, 0.2) is 17.3 Å². The molecule has 0 saturated carbocycles. The van der Waals surface area contributed by atoms with Crippen molar-refractivity contribution in [1.29, 1.82) is 0 Å². The van der Waals surface area contributed by atoms with Crippen molar-refractivity contribution in [2.45, 2.75) is 50.5 Å². The van der Waals surface area contributed by atoms with Crippen molar-refractivity contribution in [1.82, 2.24) is 0 Å².